The van der Waals surface area contributed by atoms with Crippen LogP contribution in [0, 0.1) is 0 Å². The molecule has 1 aliphatic carbocycles. The Balaban J connectivity index is 2.16. The van der Waals surface area contributed by atoms with Crippen molar-refractivity contribution in [1.29, 1.82) is 0 Å². The molecule has 0 aromatic carbocycles. The number of anilines is 2. The van der Waals surface area contributed by atoms with Crippen LogP contribution in [0.15, 0.2) is 4.90 Å². The highest BCUT2D eigenvalue weighted by atomic mass is 32.2. The lowest BCUT2D eigenvalue weighted by Crippen LogP contribution is -2.24. The van der Waals surface area contributed by atoms with E-state index < -0.39 is 9.84 Å². The number of hydrogen-bond donors (Lipinski definition) is 1. The van der Waals surface area contributed by atoms with Gasteiger partial charge in [-0.2, -0.15) is 4.37 Å². The Morgan fingerprint density at radius 2 is 1.95 bits per heavy atom. The molecule has 8 heteroatoms. The van der Waals surface area contributed by atoms with Crippen LogP contribution in [0.4, 0.5) is 10.8 Å². The molecule has 0 bridgehead atoms. The van der Waals surface area contributed by atoms with Gasteiger partial charge < -0.3 is 15.5 Å². The Labute approximate surface area is 124 Å². The number of sulfone groups is 1. The normalized spacial score (nSPS) is 15.8. The van der Waals surface area contributed by atoms with Gasteiger partial charge in [0.25, 0.3) is 0 Å². The van der Waals surface area contributed by atoms with Crippen molar-refractivity contribution >= 4 is 32.2 Å². The zero-order valence-corrected chi connectivity index (χ0v) is 13.8. The highest BCUT2D eigenvalue weighted by molar-refractivity contribution is 7.92. The van der Waals surface area contributed by atoms with Crippen molar-refractivity contribution in [3.63, 3.8) is 0 Å². The molecule has 0 radical (unpaired) electrons. The van der Waals surface area contributed by atoms with Gasteiger partial charge in [0.05, 0.1) is 5.25 Å². The fourth-order valence-corrected chi connectivity index (χ4v) is 5.10. The average molecular weight is 318 g/mol. The van der Waals surface area contributed by atoms with E-state index in [1.165, 1.54) is 11.5 Å². The molecule has 1 aromatic rings. The number of aromatic nitrogens is 1. The quantitative estimate of drug-likeness (QED) is 0.809. The van der Waals surface area contributed by atoms with Gasteiger partial charge in [-0.3, -0.25) is 0 Å². The maximum Gasteiger partial charge on any atom is 0.187 e. The second kappa shape index (κ2) is 5.87. The van der Waals surface area contributed by atoms with Crippen molar-refractivity contribution in [3.8, 4) is 0 Å². The molecule has 6 nitrogen and oxygen atoms in total. The van der Waals surface area contributed by atoms with Crippen LogP contribution < -0.4 is 10.6 Å². The van der Waals surface area contributed by atoms with E-state index in [-0.39, 0.29) is 16.0 Å². The van der Waals surface area contributed by atoms with Gasteiger partial charge >= 0.3 is 0 Å². The smallest absolute Gasteiger partial charge is 0.187 e. The van der Waals surface area contributed by atoms with Gasteiger partial charge in [-0.25, -0.2) is 8.42 Å². The molecule has 2 rings (SSSR count). The number of nitrogens with zero attached hydrogens (tertiary/aromatic N) is 3. The minimum atomic E-state index is -3.30. The van der Waals surface area contributed by atoms with E-state index in [0.29, 0.717) is 5.00 Å². The molecule has 0 unspecified atom stereocenters. The van der Waals surface area contributed by atoms with E-state index in [2.05, 4.69) is 9.27 Å². The molecule has 0 atom stereocenters. The monoisotopic (exact) mass is 318 g/mol. The number of nitrogen functional groups attached to an aromatic ring is 1. The summed E-state index contributed by atoms with van der Waals surface area (Å²) in [6.07, 6.45) is 2.44. The Morgan fingerprint density at radius 3 is 2.50 bits per heavy atom. The van der Waals surface area contributed by atoms with Crippen molar-refractivity contribution in [2.24, 2.45) is 0 Å². The topological polar surface area (TPSA) is 79.5 Å². The molecule has 1 heterocycles. The van der Waals surface area contributed by atoms with Crippen LogP contribution >= 0.6 is 11.5 Å². The SMILES string of the molecule is CN(C)CCCN(C)c1snc(N)c1S(=O)(=O)C1CC1. The maximum absolute atomic E-state index is 12.4. The second-order valence-electron chi connectivity index (χ2n) is 5.52. The predicted molar refractivity (Wildman–Crippen MR) is 83.2 cm³/mol. The minimum Gasteiger partial charge on any atom is -0.382 e. The van der Waals surface area contributed by atoms with Gasteiger partial charge in [-0.05, 0) is 51.4 Å². The van der Waals surface area contributed by atoms with Crippen LogP contribution in [0.5, 0.6) is 0 Å². The molecule has 1 aromatic heterocycles. The van der Waals surface area contributed by atoms with Crippen LogP contribution in [-0.4, -0.2) is 57.2 Å². The molecule has 0 amide bonds. The van der Waals surface area contributed by atoms with Crippen molar-refractivity contribution < 1.29 is 8.42 Å². The first kappa shape index (κ1) is 15.5. The Morgan fingerprint density at radius 1 is 1.30 bits per heavy atom. The summed E-state index contributed by atoms with van der Waals surface area (Å²) in [6.45, 7) is 1.75. The first-order valence-electron chi connectivity index (χ1n) is 6.69. The van der Waals surface area contributed by atoms with Crippen LogP contribution in [0.1, 0.15) is 19.3 Å². The van der Waals surface area contributed by atoms with Crippen molar-refractivity contribution in [3.05, 3.63) is 0 Å². The lowest BCUT2D eigenvalue weighted by atomic mass is 10.4. The van der Waals surface area contributed by atoms with E-state index >= 15 is 0 Å². The third kappa shape index (κ3) is 3.24. The van der Waals surface area contributed by atoms with Crippen LogP contribution in [0.2, 0.25) is 0 Å². The highest BCUT2D eigenvalue weighted by Crippen LogP contribution is 2.42. The van der Waals surface area contributed by atoms with E-state index in [4.69, 9.17) is 5.73 Å². The summed E-state index contributed by atoms with van der Waals surface area (Å²) < 4.78 is 28.9. The van der Waals surface area contributed by atoms with Crippen LogP contribution in [-0.2, 0) is 9.84 Å². The minimum absolute atomic E-state index is 0.149. The lowest BCUT2D eigenvalue weighted by molar-refractivity contribution is 0.402. The van der Waals surface area contributed by atoms with Gasteiger partial charge in [0, 0.05) is 13.6 Å². The third-order valence-corrected chi connectivity index (χ3v) is 6.78. The molecule has 114 valence electrons. The van der Waals surface area contributed by atoms with Gasteiger partial charge in [-0.1, -0.05) is 0 Å². The van der Waals surface area contributed by atoms with Gasteiger partial charge in [-0.15, -0.1) is 0 Å². The Bertz CT molecular complexity index is 564. The largest absolute Gasteiger partial charge is 0.382 e. The summed E-state index contributed by atoms with van der Waals surface area (Å²) in [5, 5.41) is 0.420. The first-order valence-corrected chi connectivity index (χ1v) is 9.01. The molecule has 1 saturated carbocycles. The number of rotatable bonds is 7. The number of hydrogen-bond acceptors (Lipinski definition) is 7. The first-order chi connectivity index (χ1) is 9.34. The summed E-state index contributed by atoms with van der Waals surface area (Å²) in [6, 6.07) is 0. The molecule has 0 spiro atoms. The van der Waals surface area contributed by atoms with Crippen molar-refractivity contribution in [2.45, 2.75) is 29.4 Å². The van der Waals surface area contributed by atoms with E-state index in [0.717, 1.165) is 32.4 Å². The molecule has 0 aliphatic heterocycles. The summed E-state index contributed by atoms with van der Waals surface area (Å²) in [7, 11) is 2.64. The molecule has 1 aliphatic rings. The van der Waals surface area contributed by atoms with Gasteiger partial charge in [0.15, 0.2) is 15.7 Å². The fourth-order valence-electron chi connectivity index (χ4n) is 2.07. The Hall–Kier alpha value is -0.860. The lowest BCUT2D eigenvalue weighted by Gasteiger charge is -2.19. The zero-order valence-electron chi connectivity index (χ0n) is 12.2. The van der Waals surface area contributed by atoms with E-state index in [1.54, 1.807) is 0 Å². The molecular weight excluding hydrogens is 296 g/mol. The van der Waals surface area contributed by atoms with E-state index in [9.17, 15) is 8.42 Å². The number of nitrogens with two attached hydrogens (primary N) is 1. The van der Waals surface area contributed by atoms with E-state index in [1.807, 2.05) is 26.0 Å². The molecule has 20 heavy (non-hydrogen) atoms. The van der Waals surface area contributed by atoms with Crippen LogP contribution in [0.3, 0.4) is 0 Å². The average Bonchev–Trinajstić information content (AvgIpc) is 3.12. The highest BCUT2D eigenvalue weighted by Gasteiger charge is 2.41. The van der Waals surface area contributed by atoms with Crippen molar-refractivity contribution in [1.82, 2.24) is 9.27 Å². The Kier molecular flexibility index (Phi) is 4.55. The molecule has 1 fully saturated rings. The second-order valence-corrected chi connectivity index (χ2v) is 8.44. The fraction of sp³-hybridized carbons (Fsp3) is 0.750. The predicted octanol–water partition coefficient (Wildman–Crippen LogP) is 1.05. The standard InChI is InChI=1S/C12H22N4O2S2/c1-15(2)7-4-8-16(3)12-10(11(13)14-19-12)20(17,18)9-5-6-9/h9H,4-8H2,1-3H3,(H2,13,14). The summed E-state index contributed by atoms with van der Waals surface area (Å²) in [5.41, 5.74) is 5.79. The summed E-state index contributed by atoms with van der Waals surface area (Å²) in [4.78, 5) is 4.31. The van der Waals surface area contributed by atoms with Crippen molar-refractivity contribution in [2.75, 3.05) is 44.9 Å². The zero-order chi connectivity index (χ0) is 14.9. The summed E-state index contributed by atoms with van der Waals surface area (Å²) in [5.74, 6) is 0.149. The molecule has 0 saturated heterocycles. The van der Waals surface area contributed by atoms with Gasteiger partial charge in [0.1, 0.15) is 9.90 Å². The molecular formula is C12H22N4O2S2. The van der Waals surface area contributed by atoms with Gasteiger partial charge in [0.2, 0.25) is 0 Å². The van der Waals surface area contributed by atoms with Crippen LogP contribution in [0.25, 0.3) is 0 Å². The molecule has 2 N–H and O–H groups in total. The summed E-state index contributed by atoms with van der Waals surface area (Å²) >= 11 is 1.17. The maximum atomic E-state index is 12.4. The third-order valence-electron chi connectivity index (χ3n) is 3.35.